The van der Waals surface area contributed by atoms with E-state index < -0.39 is 48.7 Å². The van der Waals surface area contributed by atoms with E-state index >= 15 is 0 Å². The first-order valence-electron chi connectivity index (χ1n) is 26.6. The van der Waals surface area contributed by atoms with E-state index in [0.29, 0.717) is 80.4 Å². The molecule has 5 N–H and O–H groups in total. The second-order valence-corrected chi connectivity index (χ2v) is 24.8. The third-order valence-electron chi connectivity index (χ3n) is 17.4. The molecule has 17 nitrogen and oxygen atoms in total. The fourth-order valence-electron chi connectivity index (χ4n) is 13.1. The third kappa shape index (κ3) is 9.83. The van der Waals surface area contributed by atoms with E-state index in [2.05, 4.69) is 67.8 Å². The van der Waals surface area contributed by atoms with Crippen molar-refractivity contribution in [3.8, 4) is 5.88 Å². The Morgan fingerprint density at radius 2 is 1.69 bits per heavy atom. The Balaban J connectivity index is 0.868. The number of ether oxygens (including phenoxy) is 2. The Kier molecular flexibility index (Phi) is 13.2. The van der Waals surface area contributed by atoms with Crippen molar-refractivity contribution in [3.05, 3.63) is 106 Å². The lowest BCUT2D eigenvalue weighted by Gasteiger charge is -2.59. The number of anilines is 4. The Hall–Kier alpha value is -5.79. The Bertz CT molecular complexity index is 3040. The summed E-state index contributed by atoms with van der Waals surface area (Å²) >= 11 is 0. The Morgan fingerprint density at radius 1 is 0.932 bits per heavy atom. The summed E-state index contributed by atoms with van der Waals surface area (Å²) in [6, 6.07) is 22.2. The van der Waals surface area contributed by atoms with Gasteiger partial charge >= 0.3 is 0 Å². The number of nitro groups is 1. The maximum absolute atomic E-state index is 14.7. The number of hydrogen-bond acceptors (Lipinski definition) is 14. The molecule has 1 spiro atoms. The molecule has 74 heavy (non-hydrogen) atoms. The van der Waals surface area contributed by atoms with Crippen LogP contribution in [0.5, 0.6) is 5.88 Å². The smallest absolute Gasteiger partial charge is 0.293 e. The number of amides is 1. The number of carbonyl (C=O) groups is 1. The minimum atomic E-state index is -4.63. The summed E-state index contributed by atoms with van der Waals surface area (Å²) in [5, 5.41) is 38.2. The van der Waals surface area contributed by atoms with Crippen LogP contribution in [0.2, 0.25) is 0 Å². The zero-order valence-corrected chi connectivity index (χ0v) is 43.7. The second-order valence-electron chi connectivity index (χ2n) is 23.1. The van der Waals surface area contributed by atoms with Gasteiger partial charge in [0.2, 0.25) is 5.88 Å². The van der Waals surface area contributed by atoms with E-state index in [1.807, 2.05) is 38.1 Å². The maximum Gasteiger partial charge on any atom is 0.293 e. The number of pyridine rings is 1. The summed E-state index contributed by atoms with van der Waals surface area (Å²) in [5.41, 5.74) is 3.99. The van der Waals surface area contributed by atoms with Crippen molar-refractivity contribution in [3.63, 3.8) is 0 Å². The number of likely N-dealkylation sites (tertiary alicyclic amines) is 1. The van der Waals surface area contributed by atoms with E-state index in [1.165, 1.54) is 23.3 Å². The number of sulfonamides is 1. The molecule has 6 aliphatic rings. The molecule has 0 unspecified atom stereocenters. The van der Waals surface area contributed by atoms with Crippen LogP contribution in [0.15, 0.2) is 83.9 Å². The molecule has 2 saturated carbocycles. The number of rotatable bonds is 12. The van der Waals surface area contributed by atoms with Crippen LogP contribution < -0.4 is 24.6 Å². The zero-order chi connectivity index (χ0) is 51.7. The summed E-state index contributed by atoms with van der Waals surface area (Å²) in [5.74, 6) is 0.0679. The number of H-pyrrole nitrogens is 1. The van der Waals surface area contributed by atoms with Gasteiger partial charge < -0.3 is 39.8 Å². The number of aromatic amines is 1. The third-order valence-corrected chi connectivity index (χ3v) is 18.7. The summed E-state index contributed by atoms with van der Waals surface area (Å²) in [4.78, 5) is 41.1. The number of piperidine rings is 2. The topological polar surface area (TPSA) is 216 Å². The quantitative estimate of drug-likeness (QED) is 0.0582. The van der Waals surface area contributed by atoms with Crippen LogP contribution in [0.3, 0.4) is 0 Å². The van der Waals surface area contributed by atoms with E-state index in [-0.39, 0.29) is 34.7 Å². The molecule has 18 heteroatoms. The highest BCUT2D eigenvalue weighted by atomic mass is 32.2. The number of fused-ring (bicyclic) bond motifs is 3. The number of β-amino-alcohol motifs (C(OH)–C–C–N with tert-alkyl or cyclic N) is 1. The average molecular weight is 1030 g/mol. The molecule has 394 valence electrons. The molecule has 1 amide bonds. The summed E-state index contributed by atoms with van der Waals surface area (Å²) in [6.45, 7) is 11.7. The van der Waals surface area contributed by atoms with Crippen molar-refractivity contribution in [1.82, 2.24) is 19.6 Å². The van der Waals surface area contributed by atoms with Gasteiger partial charge in [0, 0.05) is 68.2 Å². The molecule has 3 saturated heterocycles. The maximum atomic E-state index is 14.7. The second kappa shape index (κ2) is 19.4. The van der Waals surface area contributed by atoms with Gasteiger partial charge in [0.1, 0.15) is 23.1 Å². The van der Waals surface area contributed by atoms with Gasteiger partial charge in [0.05, 0.1) is 44.9 Å². The molecule has 2 aromatic heterocycles. The van der Waals surface area contributed by atoms with Crippen LogP contribution in [0, 0.1) is 21.4 Å². The van der Waals surface area contributed by atoms with Gasteiger partial charge in [-0.15, -0.1) is 0 Å². The minimum Gasteiger partial charge on any atom is -0.468 e. The van der Waals surface area contributed by atoms with Crippen LogP contribution in [0.4, 0.5) is 28.4 Å². The van der Waals surface area contributed by atoms with Crippen LogP contribution in [0.1, 0.15) is 132 Å². The van der Waals surface area contributed by atoms with Gasteiger partial charge in [-0.2, -0.15) is 4.98 Å². The highest BCUT2D eigenvalue weighted by molar-refractivity contribution is 7.90. The fraction of sp³-hybridized carbons (Fsp3) is 0.536. The lowest BCUT2D eigenvalue weighted by Crippen LogP contribution is -2.60. The lowest BCUT2D eigenvalue weighted by atomic mass is 9.59. The van der Waals surface area contributed by atoms with Crippen molar-refractivity contribution in [1.29, 1.82) is 0 Å². The van der Waals surface area contributed by atoms with Crippen LogP contribution >= 0.6 is 0 Å². The SMILES string of the molecule is CC(C)c1ccccc1[C@H]1CC[C@](C)(O)CN1C1CC2(CCN(c3ccc(C(=O)NS(=O)(=O)c4ccc(NCC5CCC(C)(O)CC5)c([N+](=O)[O-])c4)c(N4c5cc6cc[nH]c6nc5O[C@H]5COCC[C@@H]54)c3)CC2)C1. The van der Waals surface area contributed by atoms with Gasteiger partial charge in [0.15, 0.2) is 0 Å². The summed E-state index contributed by atoms with van der Waals surface area (Å²) in [6.07, 6.45) is 10.5. The van der Waals surface area contributed by atoms with Crippen molar-refractivity contribution >= 4 is 55.4 Å². The number of nitro benzene ring substituents is 1. The summed E-state index contributed by atoms with van der Waals surface area (Å²) in [7, 11) is -4.63. The van der Waals surface area contributed by atoms with E-state index in [1.54, 1.807) is 12.3 Å². The van der Waals surface area contributed by atoms with Gasteiger partial charge in [-0.25, -0.2) is 13.1 Å². The highest BCUT2D eigenvalue weighted by Crippen LogP contribution is 2.55. The number of nitrogens with zero attached hydrogens (tertiary/aromatic N) is 5. The zero-order valence-electron chi connectivity index (χ0n) is 42.9. The molecular weight excluding hydrogens is 961 g/mol. The monoisotopic (exact) mass is 1030 g/mol. The van der Waals surface area contributed by atoms with Crippen LogP contribution in [-0.2, 0) is 14.8 Å². The van der Waals surface area contributed by atoms with Gasteiger partial charge in [0.25, 0.3) is 21.6 Å². The normalized spacial score (nSPS) is 27.3. The van der Waals surface area contributed by atoms with E-state index in [9.17, 15) is 33.5 Å². The standard InChI is InChI=1S/C56H70N8O9S/c1-35(2)41-7-5-6-8-42(41)45-15-20-55(4,67)34-62(45)39-30-56(31-39)21-24-61(25-22-56)38-9-11-43(47(28-38)63-46-17-26-72-33-50(46)73-53-49(63)27-37-16-23-57-51(37)59-53)52(65)60-74(70,71)40-10-12-44(48(29-40)64(68)69)58-32-36-13-18-54(3,66)19-14-36/h5-12,16,23,27-29,35-36,39,45-46,50,58,66-67H,13-15,17-22,24-26,30-34H2,1-4H3,(H,57,59)(H,60,65)/t36?,45-,46+,50+,54?,55+/m1/s1. The first-order chi connectivity index (χ1) is 35.3. The van der Waals surface area contributed by atoms with Crippen LogP contribution in [0.25, 0.3) is 11.0 Å². The van der Waals surface area contributed by atoms with Crippen molar-refractivity contribution < 1.29 is 37.8 Å². The summed E-state index contributed by atoms with van der Waals surface area (Å²) < 4.78 is 43.1. The van der Waals surface area contributed by atoms with Crippen molar-refractivity contribution in [2.24, 2.45) is 11.3 Å². The van der Waals surface area contributed by atoms with Crippen molar-refractivity contribution in [2.75, 3.05) is 54.5 Å². The van der Waals surface area contributed by atoms with Crippen molar-refractivity contribution in [2.45, 2.75) is 145 Å². The molecule has 11 rings (SSSR count). The van der Waals surface area contributed by atoms with Gasteiger partial charge in [-0.05, 0) is 155 Å². The number of carbonyl (C=O) groups excluding carboxylic acids is 1. The largest absolute Gasteiger partial charge is 0.468 e. The lowest BCUT2D eigenvalue weighted by molar-refractivity contribution is -0.384. The Morgan fingerprint density at radius 3 is 2.45 bits per heavy atom. The van der Waals surface area contributed by atoms with E-state index in [4.69, 9.17) is 14.5 Å². The van der Waals surface area contributed by atoms with Gasteiger partial charge in [-0.1, -0.05) is 38.1 Å². The highest BCUT2D eigenvalue weighted by Gasteiger charge is 2.52. The molecule has 6 heterocycles. The molecule has 5 aromatic rings. The average Bonchev–Trinajstić information content (AvgIpc) is 3.83. The fourth-order valence-corrected chi connectivity index (χ4v) is 14.1. The predicted octanol–water partition coefficient (Wildman–Crippen LogP) is 9.09. The van der Waals surface area contributed by atoms with E-state index in [0.717, 1.165) is 81.6 Å². The molecule has 0 radical (unpaired) electrons. The molecule has 4 atom stereocenters. The molecule has 5 fully saturated rings. The number of aromatic nitrogens is 2. The molecule has 3 aromatic carbocycles. The predicted molar refractivity (Wildman–Crippen MR) is 284 cm³/mol. The molecule has 4 aliphatic heterocycles. The molecular formula is C56H70N8O9S. The number of hydrogen-bond donors (Lipinski definition) is 5. The van der Waals surface area contributed by atoms with Crippen LogP contribution in [-0.4, -0.2) is 113 Å². The number of aliphatic hydroxyl groups is 2. The molecule has 0 bridgehead atoms. The molecule has 2 aliphatic carbocycles. The number of benzene rings is 3. The first kappa shape index (κ1) is 50.4. The van der Waals surface area contributed by atoms with Gasteiger partial charge in [-0.3, -0.25) is 19.8 Å². The minimum absolute atomic E-state index is 0.102. The number of nitrogens with one attached hydrogen (secondary N) is 3. The first-order valence-corrected chi connectivity index (χ1v) is 28.1. The Labute approximate surface area is 433 Å².